The fourth-order valence-corrected chi connectivity index (χ4v) is 2.05. The minimum atomic E-state index is -0.782. The molecule has 0 saturated carbocycles. The molecule has 0 amide bonds. The maximum Gasteiger partial charge on any atom is 0.304 e. The Morgan fingerprint density at radius 3 is 2.57 bits per heavy atom. The van der Waals surface area contributed by atoms with Crippen molar-refractivity contribution in [3.05, 3.63) is 36.4 Å². The van der Waals surface area contributed by atoms with Gasteiger partial charge in [0.05, 0.1) is 20.6 Å². The minimum absolute atomic E-state index is 0.139. The van der Waals surface area contributed by atoms with Crippen LogP contribution in [-0.4, -0.2) is 49.8 Å². The number of rotatable bonds is 10. The third-order valence-electron chi connectivity index (χ3n) is 3.19. The molecule has 1 rings (SSSR count). The van der Waals surface area contributed by atoms with Crippen molar-refractivity contribution in [3.63, 3.8) is 0 Å². The van der Waals surface area contributed by atoms with Crippen molar-refractivity contribution in [1.29, 1.82) is 0 Å². The third kappa shape index (κ3) is 5.87. The molecule has 0 heterocycles. The fraction of sp³-hybridized carbons (Fsp3) is 0.438. The van der Waals surface area contributed by atoms with E-state index in [0.717, 1.165) is 18.5 Å². The van der Waals surface area contributed by atoms with Crippen molar-refractivity contribution in [3.8, 4) is 11.5 Å². The van der Waals surface area contributed by atoms with E-state index >= 15 is 0 Å². The Bertz CT molecular complexity index is 473. The first kappa shape index (κ1) is 17.0. The Balaban J connectivity index is 2.62. The monoisotopic (exact) mass is 293 g/mol. The number of hydrogen-bond donors (Lipinski definition) is 1. The molecule has 116 valence electrons. The van der Waals surface area contributed by atoms with E-state index in [1.165, 1.54) is 0 Å². The Kier molecular flexibility index (Phi) is 7.32. The molecule has 0 aromatic heterocycles. The molecule has 0 aliphatic rings. The molecule has 0 aliphatic heterocycles. The lowest BCUT2D eigenvalue weighted by Gasteiger charge is -2.20. The van der Waals surface area contributed by atoms with E-state index in [-0.39, 0.29) is 6.42 Å². The van der Waals surface area contributed by atoms with Crippen molar-refractivity contribution < 1.29 is 19.4 Å². The average Bonchev–Trinajstić information content (AvgIpc) is 2.49. The molecule has 1 aromatic rings. The fourth-order valence-electron chi connectivity index (χ4n) is 2.05. The highest BCUT2D eigenvalue weighted by atomic mass is 16.5. The van der Waals surface area contributed by atoms with E-state index in [0.29, 0.717) is 24.6 Å². The number of methoxy groups -OCH3 is 2. The number of benzene rings is 1. The van der Waals surface area contributed by atoms with Crippen molar-refractivity contribution in [2.75, 3.05) is 33.9 Å². The Labute approximate surface area is 125 Å². The summed E-state index contributed by atoms with van der Waals surface area (Å²) in [5.74, 6) is 0.626. The first-order valence-electron chi connectivity index (χ1n) is 6.86. The van der Waals surface area contributed by atoms with Crippen LogP contribution >= 0.6 is 0 Å². The smallest absolute Gasteiger partial charge is 0.304 e. The van der Waals surface area contributed by atoms with Crippen LogP contribution in [-0.2, 0) is 11.2 Å². The van der Waals surface area contributed by atoms with Gasteiger partial charge in [0.2, 0.25) is 0 Å². The predicted octanol–water partition coefficient (Wildman–Crippen LogP) is 2.21. The van der Waals surface area contributed by atoms with Gasteiger partial charge in [-0.05, 0) is 24.1 Å². The third-order valence-corrected chi connectivity index (χ3v) is 3.19. The molecule has 0 unspecified atom stereocenters. The molecule has 5 heteroatoms. The van der Waals surface area contributed by atoms with Gasteiger partial charge in [-0.1, -0.05) is 12.1 Å². The number of carboxylic acids is 1. The van der Waals surface area contributed by atoms with Crippen LogP contribution in [0.4, 0.5) is 0 Å². The maximum absolute atomic E-state index is 10.7. The number of ether oxygens (including phenoxy) is 2. The summed E-state index contributed by atoms with van der Waals surface area (Å²) in [4.78, 5) is 12.7. The van der Waals surface area contributed by atoms with Gasteiger partial charge in [0, 0.05) is 19.6 Å². The number of aliphatic carboxylic acids is 1. The summed E-state index contributed by atoms with van der Waals surface area (Å²) in [5.41, 5.74) is 1.12. The SMILES string of the molecule is C=CCN(CCC(=O)O)CCc1ccc(OC)c(OC)c1. The van der Waals surface area contributed by atoms with E-state index in [9.17, 15) is 4.79 Å². The summed E-state index contributed by atoms with van der Waals surface area (Å²) in [6, 6.07) is 5.82. The number of carbonyl (C=O) groups is 1. The molecular formula is C16H23NO4. The minimum Gasteiger partial charge on any atom is -0.493 e. The van der Waals surface area contributed by atoms with Gasteiger partial charge >= 0.3 is 5.97 Å². The predicted molar refractivity (Wildman–Crippen MR) is 82.1 cm³/mol. The van der Waals surface area contributed by atoms with Crippen LogP contribution in [0.5, 0.6) is 11.5 Å². The summed E-state index contributed by atoms with van der Waals surface area (Å²) < 4.78 is 10.5. The Hall–Kier alpha value is -2.01. The van der Waals surface area contributed by atoms with Crippen LogP contribution in [0.1, 0.15) is 12.0 Å². The molecule has 0 bridgehead atoms. The molecule has 1 N–H and O–H groups in total. The molecule has 0 aliphatic carbocycles. The summed E-state index contributed by atoms with van der Waals surface area (Å²) in [6.45, 7) is 5.68. The second kappa shape index (κ2) is 9.02. The van der Waals surface area contributed by atoms with Gasteiger partial charge in [-0.25, -0.2) is 0 Å². The van der Waals surface area contributed by atoms with Gasteiger partial charge in [0.15, 0.2) is 11.5 Å². The largest absolute Gasteiger partial charge is 0.493 e. The summed E-state index contributed by atoms with van der Waals surface area (Å²) in [6.07, 6.45) is 2.74. The molecule has 0 atom stereocenters. The quantitative estimate of drug-likeness (QED) is 0.670. The topological polar surface area (TPSA) is 59.0 Å². The van der Waals surface area contributed by atoms with E-state index < -0.39 is 5.97 Å². The first-order chi connectivity index (χ1) is 10.1. The van der Waals surface area contributed by atoms with Crippen molar-refractivity contribution in [1.82, 2.24) is 4.90 Å². The Morgan fingerprint density at radius 2 is 2.00 bits per heavy atom. The van der Waals surface area contributed by atoms with E-state index in [2.05, 4.69) is 11.5 Å². The zero-order chi connectivity index (χ0) is 15.7. The highest BCUT2D eigenvalue weighted by Crippen LogP contribution is 2.27. The van der Waals surface area contributed by atoms with Gasteiger partial charge in [-0.2, -0.15) is 0 Å². The zero-order valence-corrected chi connectivity index (χ0v) is 12.7. The molecule has 0 saturated heterocycles. The van der Waals surface area contributed by atoms with Crippen LogP contribution < -0.4 is 9.47 Å². The lowest BCUT2D eigenvalue weighted by Crippen LogP contribution is -2.28. The summed E-state index contributed by atoms with van der Waals surface area (Å²) in [7, 11) is 3.22. The van der Waals surface area contributed by atoms with Crippen molar-refractivity contribution in [2.24, 2.45) is 0 Å². The van der Waals surface area contributed by atoms with Crippen LogP contribution in [0.25, 0.3) is 0 Å². The van der Waals surface area contributed by atoms with E-state index in [4.69, 9.17) is 14.6 Å². The normalized spacial score (nSPS) is 10.4. The first-order valence-corrected chi connectivity index (χ1v) is 6.86. The summed E-state index contributed by atoms with van der Waals surface area (Å²) in [5, 5.41) is 8.76. The maximum atomic E-state index is 10.7. The zero-order valence-electron chi connectivity index (χ0n) is 12.7. The highest BCUT2D eigenvalue weighted by Gasteiger charge is 2.08. The van der Waals surface area contributed by atoms with E-state index in [1.807, 2.05) is 18.2 Å². The lowest BCUT2D eigenvalue weighted by molar-refractivity contribution is -0.137. The molecule has 0 spiro atoms. The molecule has 5 nitrogen and oxygen atoms in total. The van der Waals surface area contributed by atoms with Crippen LogP contribution in [0.2, 0.25) is 0 Å². The standard InChI is InChI=1S/C16H23NO4/c1-4-9-17(11-8-16(18)19)10-7-13-5-6-14(20-2)15(12-13)21-3/h4-6,12H,1,7-11H2,2-3H3,(H,18,19). The molecule has 0 fully saturated rings. The number of hydrogen-bond acceptors (Lipinski definition) is 4. The lowest BCUT2D eigenvalue weighted by atomic mass is 10.1. The summed E-state index contributed by atoms with van der Waals surface area (Å²) >= 11 is 0. The average molecular weight is 293 g/mol. The molecule has 1 aromatic carbocycles. The van der Waals surface area contributed by atoms with Crippen LogP contribution in [0.15, 0.2) is 30.9 Å². The van der Waals surface area contributed by atoms with Crippen molar-refractivity contribution >= 4 is 5.97 Å². The van der Waals surface area contributed by atoms with Gasteiger partial charge in [0.25, 0.3) is 0 Å². The Morgan fingerprint density at radius 1 is 1.29 bits per heavy atom. The second-order valence-electron chi connectivity index (χ2n) is 4.67. The number of nitrogens with zero attached hydrogens (tertiary/aromatic N) is 1. The van der Waals surface area contributed by atoms with Crippen LogP contribution in [0, 0.1) is 0 Å². The van der Waals surface area contributed by atoms with Gasteiger partial charge in [-0.3, -0.25) is 9.69 Å². The number of carboxylic acid groups (broad SMARTS) is 1. The van der Waals surface area contributed by atoms with E-state index in [1.54, 1.807) is 20.3 Å². The van der Waals surface area contributed by atoms with Gasteiger partial charge in [-0.15, -0.1) is 6.58 Å². The molecule has 21 heavy (non-hydrogen) atoms. The second-order valence-corrected chi connectivity index (χ2v) is 4.67. The molecular weight excluding hydrogens is 270 g/mol. The van der Waals surface area contributed by atoms with Crippen molar-refractivity contribution in [2.45, 2.75) is 12.8 Å². The van der Waals surface area contributed by atoms with Gasteiger partial charge in [0.1, 0.15) is 0 Å². The highest BCUT2D eigenvalue weighted by molar-refractivity contribution is 5.66. The molecule has 0 radical (unpaired) electrons. The van der Waals surface area contributed by atoms with Gasteiger partial charge < -0.3 is 14.6 Å². The van der Waals surface area contributed by atoms with Crippen LogP contribution in [0.3, 0.4) is 0 Å².